The zero-order chi connectivity index (χ0) is 23.6. The van der Waals surface area contributed by atoms with Gasteiger partial charge in [0.15, 0.2) is 4.32 Å². The number of hydrogen-bond acceptors (Lipinski definition) is 7. The van der Waals surface area contributed by atoms with E-state index in [1.807, 2.05) is 30.3 Å². The van der Waals surface area contributed by atoms with Gasteiger partial charge in [-0.15, -0.1) is 0 Å². The third-order valence-corrected chi connectivity index (χ3v) is 6.84. The fraction of sp³-hybridized carbons (Fsp3) is 0.0455. The molecule has 2 aromatic carbocycles. The molecule has 1 aliphatic heterocycles. The van der Waals surface area contributed by atoms with Crippen molar-refractivity contribution < 1.29 is 22.4 Å². The minimum Gasteiger partial charge on any atom is -0.457 e. The molecule has 11 heteroatoms. The number of nitrogens with zero attached hydrogens (tertiary/aromatic N) is 1. The van der Waals surface area contributed by atoms with Gasteiger partial charge >= 0.3 is 0 Å². The summed E-state index contributed by atoms with van der Waals surface area (Å²) in [4.78, 5) is 25.3. The number of sulfonamides is 1. The van der Waals surface area contributed by atoms with Crippen LogP contribution in [0.25, 0.3) is 17.4 Å². The highest BCUT2D eigenvalue weighted by Gasteiger charge is 2.33. The molecule has 2 amide bonds. The van der Waals surface area contributed by atoms with E-state index >= 15 is 0 Å². The molecule has 1 aliphatic rings. The SMILES string of the molecule is NS(=O)(=O)c1ccc(-c2ccc(C=C3SC(=S)N(NC(=O)Cc4ccccc4)C3=O)o2)cc1. The van der Waals surface area contributed by atoms with Crippen molar-refractivity contribution in [3.05, 3.63) is 83.0 Å². The predicted octanol–water partition coefficient (Wildman–Crippen LogP) is 3.07. The molecule has 33 heavy (non-hydrogen) atoms. The van der Waals surface area contributed by atoms with Crippen LogP contribution in [0.5, 0.6) is 0 Å². The molecule has 0 radical (unpaired) electrons. The van der Waals surface area contributed by atoms with Crippen LogP contribution in [-0.4, -0.2) is 29.6 Å². The lowest BCUT2D eigenvalue weighted by Crippen LogP contribution is -2.45. The van der Waals surface area contributed by atoms with Crippen LogP contribution < -0.4 is 10.6 Å². The Kier molecular flexibility index (Phi) is 6.47. The molecule has 0 atom stereocenters. The third-order valence-electron chi connectivity index (χ3n) is 4.61. The molecule has 0 bridgehead atoms. The van der Waals surface area contributed by atoms with Crippen LogP contribution in [0.2, 0.25) is 0 Å². The number of thiocarbonyl (C=S) groups is 1. The van der Waals surface area contributed by atoms with Crippen molar-refractivity contribution in [1.82, 2.24) is 10.4 Å². The summed E-state index contributed by atoms with van der Waals surface area (Å²) in [5, 5.41) is 6.16. The Labute approximate surface area is 199 Å². The van der Waals surface area contributed by atoms with Crippen molar-refractivity contribution in [2.45, 2.75) is 11.3 Å². The average Bonchev–Trinajstić information content (AvgIpc) is 3.34. The van der Waals surface area contributed by atoms with Crippen molar-refractivity contribution in [2.75, 3.05) is 0 Å². The Bertz CT molecular complexity index is 1360. The topological polar surface area (TPSA) is 123 Å². The second-order valence-corrected chi connectivity index (χ2v) is 10.2. The number of rotatable bonds is 6. The molecule has 168 valence electrons. The van der Waals surface area contributed by atoms with Crippen molar-refractivity contribution in [3.63, 3.8) is 0 Å². The van der Waals surface area contributed by atoms with Gasteiger partial charge in [-0.05, 0) is 54.2 Å². The lowest BCUT2D eigenvalue weighted by molar-refractivity contribution is -0.132. The number of hydrogen-bond donors (Lipinski definition) is 2. The van der Waals surface area contributed by atoms with Gasteiger partial charge in [0, 0.05) is 11.6 Å². The number of carbonyl (C=O) groups is 2. The maximum absolute atomic E-state index is 12.7. The molecule has 2 heterocycles. The van der Waals surface area contributed by atoms with E-state index in [-0.39, 0.29) is 21.5 Å². The maximum atomic E-state index is 12.7. The predicted molar refractivity (Wildman–Crippen MR) is 129 cm³/mol. The summed E-state index contributed by atoms with van der Waals surface area (Å²) < 4.78 is 28.8. The van der Waals surface area contributed by atoms with E-state index in [1.54, 1.807) is 24.3 Å². The summed E-state index contributed by atoms with van der Waals surface area (Å²) in [6.07, 6.45) is 1.65. The average molecular weight is 500 g/mol. The number of hydrazine groups is 1. The molecule has 1 fully saturated rings. The summed E-state index contributed by atoms with van der Waals surface area (Å²) in [6, 6.07) is 18.4. The smallest absolute Gasteiger partial charge is 0.285 e. The number of nitrogens with one attached hydrogen (secondary N) is 1. The number of amides is 2. The zero-order valence-electron chi connectivity index (χ0n) is 16.9. The number of primary sulfonamides is 1. The van der Waals surface area contributed by atoms with Gasteiger partial charge in [-0.25, -0.2) is 13.6 Å². The first-order valence-electron chi connectivity index (χ1n) is 9.55. The van der Waals surface area contributed by atoms with Crippen molar-refractivity contribution in [1.29, 1.82) is 0 Å². The number of benzene rings is 2. The summed E-state index contributed by atoms with van der Waals surface area (Å²) in [6.45, 7) is 0. The highest BCUT2D eigenvalue weighted by atomic mass is 32.2. The van der Waals surface area contributed by atoms with Gasteiger partial charge in [-0.1, -0.05) is 42.1 Å². The normalized spacial score (nSPS) is 15.3. The van der Waals surface area contributed by atoms with E-state index < -0.39 is 15.9 Å². The molecular formula is C22H17N3O5S3. The van der Waals surface area contributed by atoms with E-state index in [0.717, 1.165) is 22.3 Å². The first-order chi connectivity index (χ1) is 15.7. The Hall–Kier alpha value is -3.25. The van der Waals surface area contributed by atoms with Gasteiger partial charge < -0.3 is 4.42 Å². The highest BCUT2D eigenvalue weighted by Crippen LogP contribution is 2.32. The first kappa shape index (κ1) is 22.9. The van der Waals surface area contributed by atoms with Gasteiger partial charge in [-0.3, -0.25) is 15.0 Å². The molecule has 4 rings (SSSR count). The summed E-state index contributed by atoms with van der Waals surface area (Å²) in [5.41, 5.74) is 4.00. The largest absolute Gasteiger partial charge is 0.457 e. The number of nitrogens with two attached hydrogens (primary N) is 1. The lowest BCUT2D eigenvalue weighted by Gasteiger charge is -2.15. The molecule has 0 saturated carbocycles. The Morgan fingerprint density at radius 2 is 1.79 bits per heavy atom. The van der Waals surface area contributed by atoms with Crippen LogP contribution in [0.4, 0.5) is 0 Å². The second-order valence-electron chi connectivity index (χ2n) is 6.99. The Morgan fingerprint density at radius 1 is 1.09 bits per heavy atom. The molecule has 0 spiro atoms. The summed E-state index contributed by atoms with van der Waals surface area (Å²) in [7, 11) is -3.78. The van der Waals surface area contributed by atoms with E-state index in [0.29, 0.717) is 22.0 Å². The second kappa shape index (κ2) is 9.32. The van der Waals surface area contributed by atoms with E-state index in [4.69, 9.17) is 21.8 Å². The van der Waals surface area contributed by atoms with Gasteiger partial charge in [0.05, 0.1) is 16.2 Å². The third kappa shape index (κ3) is 5.40. The number of thioether (sulfide) groups is 1. The van der Waals surface area contributed by atoms with Crippen molar-refractivity contribution >= 4 is 56.2 Å². The van der Waals surface area contributed by atoms with Crippen LogP contribution >= 0.6 is 24.0 Å². The van der Waals surface area contributed by atoms with E-state index in [1.165, 1.54) is 18.2 Å². The summed E-state index contributed by atoms with van der Waals surface area (Å²) >= 11 is 6.29. The van der Waals surface area contributed by atoms with Crippen LogP contribution in [0.1, 0.15) is 11.3 Å². The molecule has 0 unspecified atom stereocenters. The fourth-order valence-electron chi connectivity index (χ4n) is 3.03. The fourth-order valence-corrected chi connectivity index (χ4v) is 4.71. The lowest BCUT2D eigenvalue weighted by atomic mass is 10.1. The van der Waals surface area contributed by atoms with Crippen molar-refractivity contribution in [2.24, 2.45) is 5.14 Å². The Balaban J connectivity index is 1.45. The summed E-state index contributed by atoms with van der Waals surface area (Å²) in [5.74, 6) is 0.0642. The number of furan rings is 1. The quantitative estimate of drug-likeness (QED) is 0.395. The molecular weight excluding hydrogens is 482 g/mol. The van der Waals surface area contributed by atoms with Crippen LogP contribution in [-0.2, 0) is 26.0 Å². The van der Waals surface area contributed by atoms with Gasteiger partial charge in [0.25, 0.3) is 5.91 Å². The van der Waals surface area contributed by atoms with Gasteiger partial charge in [-0.2, -0.15) is 5.01 Å². The van der Waals surface area contributed by atoms with E-state index in [9.17, 15) is 18.0 Å². The monoisotopic (exact) mass is 499 g/mol. The Morgan fingerprint density at radius 3 is 2.45 bits per heavy atom. The maximum Gasteiger partial charge on any atom is 0.285 e. The van der Waals surface area contributed by atoms with Crippen LogP contribution in [0.15, 0.2) is 80.9 Å². The standard InChI is InChI=1S/C22H17N3O5S3/c23-33(28,29)17-9-6-15(7-10-17)18-11-8-16(30-18)13-19-21(27)25(22(31)32-19)24-20(26)12-14-4-2-1-3-5-14/h1-11,13H,12H2,(H,24,26)(H2,23,28,29). The van der Waals surface area contributed by atoms with E-state index in [2.05, 4.69) is 5.43 Å². The molecule has 3 N–H and O–H groups in total. The van der Waals surface area contributed by atoms with Gasteiger partial charge in [0.1, 0.15) is 11.5 Å². The first-order valence-corrected chi connectivity index (χ1v) is 12.3. The van der Waals surface area contributed by atoms with Gasteiger partial charge in [0.2, 0.25) is 15.9 Å². The highest BCUT2D eigenvalue weighted by molar-refractivity contribution is 8.26. The number of carbonyl (C=O) groups excluding carboxylic acids is 2. The molecule has 1 aromatic heterocycles. The minimum absolute atomic E-state index is 0.00369. The van der Waals surface area contributed by atoms with Crippen molar-refractivity contribution in [3.8, 4) is 11.3 Å². The minimum atomic E-state index is -3.78. The molecule has 3 aromatic rings. The zero-order valence-corrected chi connectivity index (χ0v) is 19.4. The van der Waals surface area contributed by atoms with Crippen LogP contribution in [0.3, 0.4) is 0 Å². The molecule has 0 aliphatic carbocycles. The van der Waals surface area contributed by atoms with Crippen LogP contribution in [0, 0.1) is 0 Å². The molecule has 8 nitrogen and oxygen atoms in total. The molecule has 1 saturated heterocycles.